The van der Waals surface area contributed by atoms with Gasteiger partial charge in [0.15, 0.2) is 0 Å². The molecule has 0 fully saturated rings. The number of carboxylic acid groups (broad SMARTS) is 1. The van der Waals surface area contributed by atoms with Crippen molar-refractivity contribution in [3.05, 3.63) is 23.0 Å². The predicted molar refractivity (Wildman–Crippen MR) is 55.5 cm³/mol. The van der Waals surface area contributed by atoms with Gasteiger partial charge in [0.2, 0.25) is 0 Å². The zero-order chi connectivity index (χ0) is 10.6. The third kappa shape index (κ3) is 2.62. The molecule has 0 saturated heterocycles. The Morgan fingerprint density at radius 1 is 1.50 bits per heavy atom. The summed E-state index contributed by atoms with van der Waals surface area (Å²) in [4.78, 5) is 13.6. The van der Waals surface area contributed by atoms with Crippen molar-refractivity contribution in [2.45, 2.75) is 39.5 Å². The highest BCUT2D eigenvalue weighted by atomic mass is 16.4. The van der Waals surface area contributed by atoms with E-state index in [4.69, 9.17) is 5.11 Å². The molecule has 0 aliphatic heterocycles. The molecular weight excluding hydrogens is 178 g/mol. The molecule has 78 valence electrons. The minimum absolute atomic E-state index is 0.213. The van der Waals surface area contributed by atoms with Crippen molar-refractivity contribution in [2.75, 3.05) is 0 Å². The largest absolute Gasteiger partial charge is 0.481 e. The van der Waals surface area contributed by atoms with Crippen molar-refractivity contribution in [1.29, 1.82) is 0 Å². The molecule has 0 spiro atoms. The Labute approximate surface area is 84.2 Å². The number of aryl methyl sites for hydroxylation is 2. The summed E-state index contributed by atoms with van der Waals surface area (Å²) in [5.74, 6) is -0.734. The molecule has 1 aromatic heterocycles. The average molecular weight is 195 g/mol. The SMILES string of the molecule is CCCc1[nH]cc(CCC(=O)O)c1C. The molecule has 0 aliphatic rings. The fourth-order valence-corrected chi connectivity index (χ4v) is 1.60. The number of H-pyrrole nitrogens is 1. The van der Waals surface area contributed by atoms with Gasteiger partial charge >= 0.3 is 5.97 Å². The van der Waals surface area contributed by atoms with E-state index in [1.807, 2.05) is 6.20 Å². The summed E-state index contributed by atoms with van der Waals surface area (Å²) in [5.41, 5.74) is 3.61. The van der Waals surface area contributed by atoms with Gasteiger partial charge in [0, 0.05) is 18.3 Å². The Bertz CT molecular complexity index is 315. The number of carbonyl (C=O) groups is 1. The Morgan fingerprint density at radius 3 is 2.79 bits per heavy atom. The molecule has 0 radical (unpaired) electrons. The molecule has 0 aliphatic carbocycles. The number of nitrogens with one attached hydrogen (secondary N) is 1. The van der Waals surface area contributed by atoms with Gasteiger partial charge in [-0.05, 0) is 30.9 Å². The van der Waals surface area contributed by atoms with E-state index in [-0.39, 0.29) is 6.42 Å². The molecule has 2 N–H and O–H groups in total. The van der Waals surface area contributed by atoms with Crippen LogP contribution >= 0.6 is 0 Å². The zero-order valence-corrected chi connectivity index (χ0v) is 8.76. The molecule has 1 heterocycles. The number of hydrogen-bond acceptors (Lipinski definition) is 1. The second-order valence-corrected chi connectivity index (χ2v) is 3.56. The van der Waals surface area contributed by atoms with E-state index >= 15 is 0 Å². The molecule has 3 heteroatoms. The summed E-state index contributed by atoms with van der Waals surface area (Å²) >= 11 is 0. The van der Waals surface area contributed by atoms with Crippen LogP contribution in [0.25, 0.3) is 0 Å². The molecule has 0 atom stereocenters. The minimum atomic E-state index is -0.734. The van der Waals surface area contributed by atoms with E-state index in [0.717, 1.165) is 18.4 Å². The number of aromatic nitrogens is 1. The molecule has 0 amide bonds. The lowest BCUT2D eigenvalue weighted by Gasteiger charge is -1.99. The van der Waals surface area contributed by atoms with Crippen molar-refractivity contribution in [3.8, 4) is 0 Å². The van der Waals surface area contributed by atoms with Crippen molar-refractivity contribution < 1.29 is 9.90 Å². The number of rotatable bonds is 5. The van der Waals surface area contributed by atoms with Gasteiger partial charge in [-0.3, -0.25) is 4.79 Å². The summed E-state index contributed by atoms with van der Waals surface area (Å²) in [6.45, 7) is 4.19. The fraction of sp³-hybridized carbons (Fsp3) is 0.545. The fourth-order valence-electron chi connectivity index (χ4n) is 1.60. The van der Waals surface area contributed by atoms with Gasteiger partial charge in [0.05, 0.1) is 0 Å². The number of carboxylic acids is 1. The van der Waals surface area contributed by atoms with Crippen LogP contribution in [0.2, 0.25) is 0 Å². The molecule has 1 rings (SSSR count). The molecule has 1 aromatic rings. The molecular formula is C11H17NO2. The van der Waals surface area contributed by atoms with Gasteiger partial charge in [-0.15, -0.1) is 0 Å². The molecule has 0 saturated carbocycles. The topological polar surface area (TPSA) is 53.1 Å². The lowest BCUT2D eigenvalue weighted by molar-refractivity contribution is -0.136. The van der Waals surface area contributed by atoms with Crippen LogP contribution in [0.15, 0.2) is 6.20 Å². The highest BCUT2D eigenvalue weighted by Gasteiger charge is 2.07. The number of hydrogen-bond donors (Lipinski definition) is 2. The van der Waals surface area contributed by atoms with Crippen LogP contribution < -0.4 is 0 Å². The lowest BCUT2D eigenvalue weighted by atomic mass is 10.1. The van der Waals surface area contributed by atoms with Crippen LogP contribution in [-0.4, -0.2) is 16.1 Å². The lowest BCUT2D eigenvalue weighted by Crippen LogP contribution is -1.97. The smallest absolute Gasteiger partial charge is 0.303 e. The molecule has 3 nitrogen and oxygen atoms in total. The Morgan fingerprint density at radius 2 is 2.21 bits per heavy atom. The summed E-state index contributed by atoms with van der Waals surface area (Å²) in [5, 5.41) is 8.57. The van der Waals surface area contributed by atoms with Gasteiger partial charge in [-0.2, -0.15) is 0 Å². The third-order valence-corrected chi connectivity index (χ3v) is 2.46. The van der Waals surface area contributed by atoms with Crippen molar-refractivity contribution in [1.82, 2.24) is 4.98 Å². The minimum Gasteiger partial charge on any atom is -0.481 e. The van der Waals surface area contributed by atoms with E-state index in [9.17, 15) is 4.79 Å². The maximum Gasteiger partial charge on any atom is 0.303 e. The second-order valence-electron chi connectivity index (χ2n) is 3.56. The first-order chi connectivity index (χ1) is 6.65. The van der Waals surface area contributed by atoms with E-state index < -0.39 is 5.97 Å². The second kappa shape index (κ2) is 4.84. The highest BCUT2D eigenvalue weighted by Crippen LogP contribution is 2.15. The van der Waals surface area contributed by atoms with Gasteiger partial charge in [0.25, 0.3) is 0 Å². The molecule has 0 bridgehead atoms. The van der Waals surface area contributed by atoms with E-state index in [0.29, 0.717) is 6.42 Å². The van der Waals surface area contributed by atoms with E-state index in [1.54, 1.807) is 0 Å². The summed E-state index contributed by atoms with van der Waals surface area (Å²) < 4.78 is 0. The molecule has 0 unspecified atom stereocenters. The van der Waals surface area contributed by atoms with E-state index in [1.165, 1.54) is 11.3 Å². The van der Waals surface area contributed by atoms with Gasteiger partial charge in [-0.25, -0.2) is 0 Å². The first-order valence-corrected chi connectivity index (χ1v) is 5.02. The zero-order valence-electron chi connectivity index (χ0n) is 8.76. The van der Waals surface area contributed by atoms with Crippen LogP contribution in [0.5, 0.6) is 0 Å². The average Bonchev–Trinajstić information content (AvgIpc) is 2.46. The van der Waals surface area contributed by atoms with Crippen LogP contribution in [-0.2, 0) is 17.6 Å². The summed E-state index contributed by atoms with van der Waals surface area (Å²) in [6.07, 6.45) is 4.92. The summed E-state index contributed by atoms with van der Waals surface area (Å²) in [7, 11) is 0. The van der Waals surface area contributed by atoms with Crippen molar-refractivity contribution in [3.63, 3.8) is 0 Å². The van der Waals surface area contributed by atoms with Crippen LogP contribution in [0, 0.1) is 6.92 Å². The monoisotopic (exact) mass is 195 g/mol. The van der Waals surface area contributed by atoms with Gasteiger partial charge < -0.3 is 10.1 Å². The van der Waals surface area contributed by atoms with Gasteiger partial charge in [0.1, 0.15) is 0 Å². The maximum atomic E-state index is 10.4. The van der Waals surface area contributed by atoms with E-state index in [2.05, 4.69) is 18.8 Å². The van der Waals surface area contributed by atoms with Crippen LogP contribution in [0.3, 0.4) is 0 Å². The Balaban J connectivity index is 2.64. The first kappa shape index (κ1) is 10.8. The maximum absolute atomic E-state index is 10.4. The predicted octanol–water partition coefficient (Wildman–Crippen LogP) is 2.29. The normalized spacial score (nSPS) is 10.4. The Kier molecular flexibility index (Phi) is 3.74. The third-order valence-electron chi connectivity index (χ3n) is 2.46. The summed E-state index contributed by atoms with van der Waals surface area (Å²) in [6, 6.07) is 0. The number of aliphatic carboxylic acids is 1. The highest BCUT2D eigenvalue weighted by molar-refractivity contribution is 5.67. The van der Waals surface area contributed by atoms with Crippen molar-refractivity contribution >= 4 is 5.97 Å². The molecule has 0 aromatic carbocycles. The van der Waals surface area contributed by atoms with Crippen LogP contribution in [0.1, 0.15) is 36.6 Å². The first-order valence-electron chi connectivity index (χ1n) is 5.02. The van der Waals surface area contributed by atoms with Gasteiger partial charge in [-0.1, -0.05) is 13.3 Å². The standard InChI is InChI=1S/C11H17NO2/c1-3-4-10-8(2)9(7-12-10)5-6-11(13)14/h7,12H,3-6H2,1-2H3,(H,13,14). The molecule has 14 heavy (non-hydrogen) atoms. The number of aromatic amines is 1. The Hall–Kier alpha value is -1.25. The van der Waals surface area contributed by atoms with Crippen LogP contribution in [0.4, 0.5) is 0 Å². The quantitative estimate of drug-likeness (QED) is 0.757. The van der Waals surface area contributed by atoms with Crippen molar-refractivity contribution in [2.24, 2.45) is 0 Å².